The maximum Gasteiger partial charge on any atom is 0.145 e. The summed E-state index contributed by atoms with van der Waals surface area (Å²) in [7, 11) is 0. The van der Waals surface area contributed by atoms with Gasteiger partial charge in [-0.1, -0.05) is 29.8 Å². The van der Waals surface area contributed by atoms with Gasteiger partial charge in [0.15, 0.2) is 0 Å². The number of nitrogens with one attached hydrogen (secondary N) is 1. The molecule has 6 heteroatoms. The van der Waals surface area contributed by atoms with Gasteiger partial charge in [-0.25, -0.2) is 0 Å². The molecule has 138 valence electrons. The van der Waals surface area contributed by atoms with Crippen molar-refractivity contribution in [1.29, 1.82) is 0 Å². The third kappa shape index (κ3) is 4.06. The van der Waals surface area contributed by atoms with Gasteiger partial charge in [0.2, 0.25) is 0 Å². The number of aliphatic imine (C=N–C) groups is 1. The number of aliphatic hydroxyl groups excluding tert-OH is 1. The number of aryl methyl sites for hydroxylation is 1. The summed E-state index contributed by atoms with van der Waals surface area (Å²) in [5.74, 6) is 0.0723. The predicted molar refractivity (Wildman–Crippen MR) is 103 cm³/mol. The molecule has 3 rings (SSSR count). The third-order valence-corrected chi connectivity index (χ3v) is 5.40. The van der Waals surface area contributed by atoms with Crippen LogP contribution >= 0.6 is 11.6 Å². The number of quaternary nitrogens is 1. The van der Waals surface area contributed by atoms with Crippen molar-refractivity contribution in [2.24, 2.45) is 4.99 Å². The molecule has 2 heterocycles. The zero-order valence-corrected chi connectivity index (χ0v) is 15.7. The van der Waals surface area contributed by atoms with Crippen molar-refractivity contribution in [1.82, 2.24) is 4.98 Å². The molecule has 3 N–H and O–H groups in total. The molecule has 2 aromatic rings. The van der Waals surface area contributed by atoms with Gasteiger partial charge in [0.05, 0.1) is 31.9 Å². The van der Waals surface area contributed by atoms with Gasteiger partial charge in [0, 0.05) is 47.0 Å². The lowest BCUT2D eigenvalue weighted by Gasteiger charge is -2.24. The predicted octanol–water partition coefficient (Wildman–Crippen LogP) is 2.08. The quantitative estimate of drug-likeness (QED) is 0.678. The van der Waals surface area contributed by atoms with Crippen molar-refractivity contribution in [2.75, 3.05) is 19.6 Å². The van der Waals surface area contributed by atoms with Gasteiger partial charge in [-0.2, -0.15) is 0 Å². The fraction of sp³-hybridized carbons (Fsp3) is 0.400. The number of nitrogens with zero attached hydrogens (tertiary/aromatic N) is 2. The lowest BCUT2D eigenvalue weighted by Crippen LogP contribution is -3.10. The fourth-order valence-electron chi connectivity index (χ4n) is 3.55. The van der Waals surface area contributed by atoms with Crippen LogP contribution in [0.25, 0.3) is 0 Å². The number of aromatic hydroxyl groups is 1. The highest BCUT2D eigenvalue weighted by molar-refractivity contribution is 6.31. The normalized spacial score (nSPS) is 16.4. The van der Waals surface area contributed by atoms with E-state index in [0.29, 0.717) is 23.4 Å². The van der Waals surface area contributed by atoms with Crippen LogP contribution in [-0.4, -0.2) is 41.0 Å². The van der Waals surface area contributed by atoms with E-state index >= 15 is 0 Å². The Morgan fingerprint density at radius 1 is 1.31 bits per heavy atom. The van der Waals surface area contributed by atoms with E-state index in [4.69, 9.17) is 11.6 Å². The first-order valence-electron chi connectivity index (χ1n) is 8.99. The van der Waals surface area contributed by atoms with Gasteiger partial charge in [0.25, 0.3) is 0 Å². The van der Waals surface area contributed by atoms with Crippen LogP contribution < -0.4 is 4.90 Å². The van der Waals surface area contributed by atoms with E-state index in [1.807, 2.05) is 18.2 Å². The van der Waals surface area contributed by atoms with Crippen LogP contribution in [-0.2, 0) is 6.61 Å². The van der Waals surface area contributed by atoms with Crippen molar-refractivity contribution in [3.8, 4) is 5.75 Å². The van der Waals surface area contributed by atoms with Crippen LogP contribution in [0.3, 0.4) is 0 Å². The molecule has 5 nitrogen and oxygen atoms in total. The Balaban J connectivity index is 1.86. The largest absolute Gasteiger partial charge is 0.505 e. The molecule has 26 heavy (non-hydrogen) atoms. The summed E-state index contributed by atoms with van der Waals surface area (Å²) < 4.78 is 0. The summed E-state index contributed by atoms with van der Waals surface area (Å²) in [5, 5.41) is 20.5. The molecule has 0 aliphatic carbocycles. The van der Waals surface area contributed by atoms with E-state index in [0.717, 1.165) is 23.7 Å². The molecule has 1 aliphatic rings. The number of halogens is 1. The Hall–Kier alpha value is -1.95. The van der Waals surface area contributed by atoms with Crippen molar-refractivity contribution in [3.05, 3.63) is 57.9 Å². The molecule has 1 aromatic carbocycles. The number of benzene rings is 1. The monoisotopic (exact) mass is 374 g/mol. The molecule has 1 fully saturated rings. The van der Waals surface area contributed by atoms with Crippen molar-refractivity contribution in [2.45, 2.75) is 32.4 Å². The van der Waals surface area contributed by atoms with Crippen molar-refractivity contribution >= 4 is 17.8 Å². The first-order chi connectivity index (χ1) is 12.6. The summed E-state index contributed by atoms with van der Waals surface area (Å²) in [4.78, 5) is 10.2. The minimum atomic E-state index is -0.187. The Labute approximate surface area is 159 Å². The second-order valence-electron chi connectivity index (χ2n) is 6.72. The smallest absolute Gasteiger partial charge is 0.145 e. The SMILES string of the molecule is Cc1ncc(CO)c(C=NC[C@H](c2ccccc2Cl)[NH+]2CCCC2)c1O. The second-order valence-corrected chi connectivity index (χ2v) is 7.13. The highest BCUT2D eigenvalue weighted by atomic mass is 35.5. The van der Waals surface area contributed by atoms with Crippen molar-refractivity contribution in [3.63, 3.8) is 0 Å². The topological polar surface area (TPSA) is 70.2 Å². The number of hydrogen-bond donors (Lipinski definition) is 3. The first kappa shape index (κ1) is 18.8. The zero-order valence-electron chi connectivity index (χ0n) is 15.0. The van der Waals surface area contributed by atoms with Gasteiger partial charge in [-0.15, -0.1) is 0 Å². The number of likely N-dealkylation sites (tertiary alicyclic amines) is 1. The Morgan fingerprint density at radius 2 is 2.04 bits per heavy atom. The van der Waals surface area contributed by atoms with E-state index in [2.05, 4.69) is 16.0 Å². The molecule has 0 unspecified atom stereocenters. The zero-order chi connectivity index (χ0) is 18.5. The van der Waals surface area contributed by atoms with Crippen LogP contribution in [0.5, 0.6) is 5.75 Å². The van der Waals surface area contributed by atoms with Crippen LogP contribution in [0.2, 0.25) is 5.02 Å². The molecule has 1 saturated heterocycles. The maximum atomic E-state index is 10.3. The Kier molecular flexibility index (Phi) is 6.25. The molecule has 0 bridgehead atoms. The molecule has 0 spiro atoms. The van der Waals surface area contributed by atoms with E-state index in [1.54, 1.807) is 19.3 Å². The maximum absolute atomic E-state index is 10.3. The first-order valence-corrected chi connectivity index (χ1v) is 9.36. The molecule has 1 atom stereocenters. The van der Waals surface area contributed by atoms with Gasteiger partial charge in [-0.05, 0) is 13.0 Å². The summed E-state index contributed by atoms with van der Waals surface area (Å²) in [6.07, 6.45) is 5.67. The molecule has 0 saturated carbocycles. The minimum absolute atomic E-state index is 0.0723. The number of hydrogen-bond acceptors (Lipinski definition) is 4. The lowest BCUT2D eigenvalue weighted by atomic mass is 10.1. The Morgan fingerprint density at radius 3 is 2.73 bits per heavy atom. The van der Waals surface area contributed by atoms with Crippen LogP contribution in [0.1, 0.15) is 41.3 Å². The lowest BCUT2D eigenvalue weighted by molar-refractivity contribution is -0.918. The highest BCUT2D eigenvalue weighted by Crippen LogP contribution is 2.24. The number of rotatable bonds is 6. The number of aliphatic hydroxyl groups is 1. The summed E-state index contributed by atoms with van der Waals surface area (Å²) in [5.41, 5.74) is 2.74. The average Bonchev–Trinajstić information content (AvgIpc) is 3.17. The highest BCUT2D eigenvalue weighted by Gasteiger charge is 2.28. The van der Waals surface area contributed by atoms with E-state index < -0.39 is 0 Å². The second kappa shape index (κ2) is 8.62. The molecular weight excluding hydrogens is 350 g/mol. The Bertz CT molecular complexity index is 789. The molecule has 0 amide bonds. The molecule has 0 radical (unpaired) electrons. The molecule has 1 aromatic heterocycles. The minimum Gasteiger partial charge on any atom is -0.505 e. The number of aromatic nitrogens is 1. The molecular formula is C20H25ClN3O2+. The molecule has 1 aliphatic heterocycles. The standard InChI is InChI=1S/C20H24ClN3O2/c1-14-20(26)17(15(13-25)10-23-14)11-22-12-19(24-8-4-5-9-24)16-6-2-3-7-18(16)21/h2-3,6-7,10-11,19,25-26H,4-5,8-9,12-13H2,1H3/p+1/t19-/m1/s1. The van der Waals surface area contributed by atoms with Gasteiger partial charge >= 0.3 is 0 Å². The summed E-state index contributed by atoms with van der Waals surface area (Å²) in [6, 6.07) is 8.13. The van der Waals surface area contributed by atoms with Crippen molar-refractivity contribution < 1.29 is 15.1 Å². The van der Waals surface area contributed by atoms with Gasteiger partial charge in [-0.3, -0.25) is 9.98 Å². The summed E-state index contributed by atoms with van der Waals surface area (Å²) in [6.45, 7) is 4.35. The average molecular weight is 375 g/mol. The summed E-state index contributed by atoms with van der Waals surface area (Å²) >= 11 is 6.44. The number of pyridine rings is 1. The van der Waals surface area contributed by atoms with Crippen LogP contribution in [0.4, 0.5) is 0 Å². The fourth-order valence-corrected chi connectivity index (χ4v) is 3.82. The van der Waals surface area contributed by atoms with E-state index in [1.165, 1.54) is 17.7 Å². The third-order valence-electron chi connectivity index (χ3n) is 5.06. The van der Waals surface area contributed by atoms with E-state index in [-0.39, 0.29) is 18.4 Å². The van der Waals surface area contributed by atoms with Crippen LogP contribution in [0.15, 0.2) is 35.5 Å². The van der Waals surface area contributed by atoms with Gasteiger partial charge in [0.1, 0.15) is 11.8 Å². The van der Waals surface area contributed by atoms with Gasteiger partial charge < -0.3 is 15.1 Å². The van der Waals surface area contributed by atoms with E-state index in [9.17, 15) is 10.2 Å². The van der Waals surface area contributed by atoms with Crippen LogP contribution in [0, 0.1) is 6.92 Å².